The molecule has 4 aromatic rings. The highest BCUT2D eigenvalue weighted by Gasteiger charge is 2.19. The molecule has 38 heavy (non-hydrogen) atoms. The highest BCUT2D eigenvalue weighted by atomic mass is 35.5. The number of carbonyl (C=O) groups is 1. The summed E-state index contributed by atoms with van der Waals surface area (Å²) in [7, 11) is 7.47. The van der Waals surface area contributed by atoms with E-state index in [9.17, 15) is 9.18 Å². The van der Waals surface area contributed by atoms with Gasteiger partial charge in [-0.3, -0.25) is 4.79 Å². The van der Waals surface area contributed by atoms with Crippen molar-refractivity contribution in [3.8, 4) is 17.0 Å². The van der Waals surface area contributed by atoms with Crippen molar-refractivity contribution < 1.29 is 13.9 Å². The quantitative estimate of drug-likeness (QED) is 0.236. The van der Waals surface area contributed by atoms with Gasteiger partial charge in [-0.05, 0) is 38.4 Å². The van der Waals surface area contributed by atoms with Gasteiger partial charge < -0.3 is 30.2 Å². The van der Waals surface area contributed by atoms with E-state index in [0.717, 1.165) is 12.2 Å². The zero-order chi connectivity index (χ0) is 27.4. The summed E-state index contributed by atoms with van der Waals surface area (Å²) in [4.78, 5) is 28.2. The number of fused-ring (bicyclic) bond motifs is 1. The normalized spacial score (nSPS) is 11.0. The third-order valence-electron chi connectivity index (χ3n) is 5.96. The van der Waals surface area contributed by atoms with Gasteiger partial charge in [-0.15, -0.1) is 0 Å². The first-order valence-corrected chi connectivity index (χ1v) is 12.2. The number of halogens is 2. The molecule has 0 aliphatic rings. The van der Waals surface area contributed by atoms with Crippen LogP contribution in [0.5, 0.6) is 5.75 Å². The number of benzene rings is 2. The van der Waals surface area contributed by atoms with E-state index >= 15 is 0 Å². The fourth-order valence-electron chi connectivity index (χ4n) is 3.97. The molecule has 9 nitrogen and oxygen atoms in total. The number of anilines is 4. The van der Waals surface area contributed by atoms with Crippen molar-refractivity contribution in [2.45, 2.75) is 0 Å². The number of methoxy groups -OCH3 is 1. The number of nitrogens with zero attached hydrogens (tertiary/aromatic N) is 4. The second-order valence-corrected chi connectivity index (χ2v) is 9.27. The number of hydrogen-bond acceptors (Lipinski definition) is 7. The fraction of sp³-hybridized carbons (Fsp3) is 0.222. The van der Waals surface area contributed by atoms with Gasteiger partial charge in [0.15, 0.2) is 0 Å². The predicted octanol–water partition coefficient (Wildman–Crippen LogP) is 5.29. The van der Waals surface area contributed by atoms with E-state index in [-0.39, 0.29) is 22.7 Å². The Hall–Kier alpha value is -4.15. The maximum Gasteiger partial charge on any atom is 0.247 e. The van der Waals surface area contributed by atoms with Crippen LogP contribution in [0.25, 0.3) is 22.2 Å². The summed E-state index contributed by atoms with van der Waals surface area (Å²) in [5.74, 6) is -0.0226. The molecular weight excluding hydrogens is 509 g/mol. The Bertz CT molecular complexity index is 1490. The van der Waals surface area contributed by atoms with Gasteiger partial charge in [0.2, 0.25) is 11.9 Å². The second kappa shape index (κ2) is 11.5. The van der Waals surface area contributed by atoms with Gasteiger partial charge in [-0.25, -0.2) is 14.4 Å². The molecule has 2 aromatic carbocycles. The van der Waals surface area contributed by atoms with Crippen molar-refractivity contribution in [3.05, 3.63) is 66.2 Å². The summed E-state index contributed by atoms with van der Waals surface area (Å²) >= 11 is 6.43. The van der Waals surface area contributed by atoms with E-state index < -0.39 is 0 Å². The highest BCUT2D eigenvalue weighted by Crippen LogP contribution is 2.39. The van der Waals surface area contributed by atoms with Crippen LogP contribution < -0.4 is 20.3 Å². The van der Waals surface area contributed by atoms with E-state index in [1.54, 1.807) is 31.5 Å². The molecule has 1 amide bonds. The lowest BCUT2D eigenvalue weighted by Crippen LogP contribution is -2.29. The van der Waals surface area contributed by atoms with Gasteiger partial charge in [0, 0.05) is 48.9 Å². The molecule has 0 fully saturated rings. The Labute approximate surface area is 225 Å². The Balaban J connectivity index is 1.74. The molecule has 2 aromatic heterocycles. The molecule has 0 saturated heterocycles. The van der Waals surface area contributed by atoms with Crippen molar-refractivity contribution in [1.82, 2.24) is 19.9 Å². The van der Waals surface area contributed by atoms with Crippen LogP contribution in [0.15, 0.2) is 55.4 Å². The molecule has 0 aliphatic heterocycles. The monoisotopic (exact) mass is 537 g/mol. The van der Waals surface area contributed by atoms with Gasteiger partial charge in [0.1, 0.15) is 11.6 Å². The van der Waals surface area contributed by atoms with Gasteiger partial charge in [-0.2, -0.15) is 0 Å². The Morgan fingerprint density at radius 2 is 2.03 bits per heavy atom. The van der Waals surface area contributed by atoms with Crippen molar-refractivity contribution in [2.24, 2.45) is 0 Å². The lowest BCUT2D eigenvalue weighted by Gasteiger charge is -2.26. The Morgan fingerprint density at radius 1 is 1.24 bits per heavy atom. The first-order valence-electron chi connectivity index (χ1n) is 11.8. The number of aromatic amines is 1. The number of H-pyrrole nitrogens is 1. The van der Waals surface area contributed by atoms with Crippen LogP contribution in [0, 0.1) is 5.82 Å². The van der Waals surface area contributed by atoms with Gasteiger partial charge >= 0.3 is 0 Å². The van der Waals surface area contributed by atoms with Gasteiger partial charge in [0.25, 0.3) is 0 Å². The van der Waals surface area contributed by atoms with E-state index in [2.05, 4.69) is 37.1 Å². The lowest BCUT2D eigenvalue weighted by molar-refractivity contribution is -0.111. The summed E-state index contributed by atoms with van der Waals surface area (Å²) in [5, 5.41) is 6.66. The first-order chi connectivity index (χ1) is 18.2. The minimum absolute atomic E-state index is 0.211. The van der Waals surface area contributed by atoms with Crippen LogP contribution in [0.2, 0.25) is 5.02 Å². The molecule has 0 saturated carbocycles. The van der Waals surface area contributed by atoms with Crippen LogP contribution in [-0.2, 0) is 4.79 Å². The number of amides is 1. The van der Waals surface area contributed by atoms with Crippen LogP contribution in [0.3, 0.4) is 0 Å². The largest absolute Gasteiger partial charge is 0.494 e. The summed E-state index contributed by atoms with van der Waals surface area (Å²) in [6, 6.07) is 8.35. The molecule has 0 radical (unpaired) electrons. The van der Waals surface area contributed by atoms with Crippen LogP contribution in [0.4, 0.5) is 27.4 Å². The molecule has 198 valence electrons. The topological polar surface area (TPSA) is 98.4 Å². The fourth-order valence-corrected chi connectivity index (χ4v) is 4.16. The number of hydrogen-bond donors (Lipinski definition) is 3. The number of nitrogens with one attached hydrogen (secondary N) is 3. The molecule has 11 heteroatoms. The van der Waals surface area contributed by atoms with E-state index in [1.807, 2.05) is 32.1 Å². The maximum absolute atomic E-state index is 14.6. The summed E-state index contributed by atoms with van der Waals surface area (Å²) in [6.07, 6.45) is 4.31. The molecule has 2 heterocycles. The SMILES string of the molecule is C=CC(=O)Nc1cc(Nc2ncc(Cl)c(-c3c[nH]c4cccc(F)c34)n2)c(OC)cc1N(C)CCN(C)C. The highest BCUT2D eigenvalue weighted by molar-refractivity contribution is 6.33. The average molecular weight is 538 g/mol. The molecular formula is C27H29ClFN7O2. The van der Waals surface area contributed by atoms with Crippen molar-refractivity contribution in [3.63, 3.8) is 0 Å². The average Bonchev–Trinajstić information content (AvgIpc) is 3.33. The van der Waals surface area contributed by atoms with E-state index in [0.29, 0.717) is 45.8 Å². The van der Waals surface area contributed by atoms with Gasteiger partial charge in [0.05, 0.1) is 41.1 Å². The Kier molecular flexibility index (Phi) is 8.13. The third-order valence-corrected chi connectivity index (χ3v) is 6.23. The van der Waals surface area contributed by atoms with E-state index in [1.165, 1.54) is 18.3 Å². The zero-order valence-corrected chi connectivity index (χ0v) is 22.4. The predicted molar refractivity (Wildman–Crippen MR) is 151 cm³/mol. The lowest BCUT2D eigenvalue weighted by atomic mass is 10.1. The maximum atomic E-state index is 14.6. The Morgan fingerprint density at radius 3 is 2.74 bits per heavy atom. The molecule has 0 spiro atoms. The number of likely N-dealkylation sites (N-methyl/N-ethyl adjacent to an activating group) is 2. The molecule has 3 N–H and O–H groups in total. The van der Waals surface area contributed by atoms with Crippen LogP contribution >= 0.6 is 11.6 Å². The standard InChI is InChI=1S/C27H29ClFN7O2/c1-6-24(37)32-20-12-21(23(38-5)13-22(20)36(4)11-10-35(2)3)33-27-31-15-17(28)26(34-27)16-14-30-19-9-7-8-18(29)25(16)19/h6-9,12-15,30H,1,10-11H2,2-5H3,(H,32,37)(H,31,33,34). The first kappa shape index (κ1) is 26.9. The van der Waals surface area contributed by atoms with Crippen molar-refractivity contribution in [1.29, 1.82) is 0 Å². The van der Waals surface area contributed by atoms with Crippen LogP contribution in [0.1, 0.15) is 0 Å². The molecule has 0 atom stereocenters. The summed E-state index contributed by atoms with van der Waals surface area (Å²) in [6.45, 7) is 5.07. The second-order valence-electron chi connectivity index (χ2n) is 8.87. The number of rotatable bonds is 10. The summed E-state index contributed by atoms with van der Waals surface area (Å²) < 4.78 is 20.3. The number of carbonyl (C=O) groups excluding carboxylic acids is 1. The zero-order valence-electron chi connectivity index (χ0n) is 21.6. The smallest absolute Gasteiger partial charge is 0.247 e. The molecule has 4 rings (SSSR count). The van der Waals surface area contributed by atoms with E-state index in [4.69, 9.17) is 16.3 Å². The minimum atomic E-state index is -0.388. The van der Waals surface area contributed by atoms with Gasteiger partial charge in [-0.1, -0.05) is 24.2 Å². The summed E-state index contributed by atoms with van der Waals surface area (Å²) in [5.41, 5.74) is 3.32. The third kappa shape index (κ3) is 5.71. The molecule has 0 aliphatic carbocycles. The van der Waals surface area contributed by atoms with Crippen molar-refractivity contribution >= 4 is 51.4 Å². The van der Waals surface area contributed by atoms with Crippen LogP contribution in [-0.4, -0.2) is 67.1 Å². The minimum Gasteiger partial charge on any atom is -0.494 e. The number of aromatic nitrogens is 3. The van der Waals surface area contributed by atoms with Crippen molar-refractivity contribution in [2.75, 3.05) is 56.9 Å². The number of ether oxygens (including phenoxy) is 1. The molecule has 0 bridgehead atoms. The molecule has 0 unspecified atom stereocenters.